The maximum Gasteiger partial charge on any atom is 0.133 e. The number of nitrogens with two attached hydrogens (primary N) is 1. The number of hydrogen-bond donors (Lipinski definition) is 1. The highest BCUT2D eigenvalue weighted by molar-refractivity contribution is 6.30. The summed E-state index contributed by atoms with van der Waals surface area (Å²) in [7, 11) is 0. The van der Waals surface area contributed by atoms with E-state index in [9.17, 15) is 0 Å². The molecule has 2 nitrogen and oxygen atoms in total. The van der Waals surface area contributed by atoms with E-state index in [-0.39, 0.29) is 18.4 Å². The zero-order valence-corrected chi connectivity index (χ0v) is 8.68. The van der Waals surface area contributed by atoms with Crippen molar-refractivity contribution in [3.63, 3.8) is 0 Å². The van der Waals surface area contributed by atoms with Crippen molar-refractivity contribution in [3.05, 3.63) is 41.7 Å². The first-order valence-electron chi connectivity index (χ1n) is 3.72. The fraction of sp³-hybridized carbons (Fsp3) is 0.222. The van der Waals surface area contributed by atoms with Gasteiger partial charge in [0.2, 0.25) is 0 Å². The van der Waals surface area contributed by atoms with Crippen LogP contribution in [0.2, 0.25) is 5.15 Å². The number of hydrogen-bond acceptors (Lipinski definition) is 2. The molecule has 0 spiro atoms. The fourth-order valence-corrected chi connectivity index (χ4v) is 1.24. The van der Waals surface area contributed by atoms with Gasteiger partial charge in [-0.1, -0.05) is 23.7 Å². The Morgan fingerprint density at radius 2 is 2.38 bits per heavy atom. The van der Waals surface area contributed by atoms with Gasteiger partial charge in [0, 0.05) is 17.8 Å². The molecule has 0 amide bonds. The quantitative estimate of drug-likeness (QED) is 0.627. The third-order valence-corrected chi connectivity index (χ3v) is 1.92. The van der Waals surface area contributed by atoms with E-state index in [4.69, 9.17) is 17.3 Å². The van der Waals surface area contributed by atoms with Crippen LogP contribution in [0.15, 0.2) is 31.0 Å². The van der Waals surface area contributed by atoms with Crippen LogP contribution in [0.25, 0.3) is 0 Å². The summed E-state index contributed by atoms with van der Waals surface area (Å²) in [5.74, 6) is 0. The summed E-state index contributed by atoms with van der Waals surface area (Å²) in [5.41, 5.74) is 6.68. The van der Waals surface area contributed by atoms with Gasteiger partial charge in [-0.15, -0.1) is 19.0 Å². The Kier molecular flexibility index (Phi) is 5.71. The van der Waals surface area contributed by atoms with E-state index in [2.05, 4.69) is 11.6 Å². The Bertz CT molecular complexity index is 276. The Labute approximate surface area is 89.2 Å². The van der Waals surface area contributed by atoms with Gasteiger partial charge in [0.25, 0.3) is 0 Å². The van der Waals surface area contributed by atoms with Crippen LogP contribution in [0, 0.1) is 0 Å². The standard InChI is InChI=1S/C9H11ClN2.ClH/c1-2-4-8(11)7-5-3-6-12-9(7)10;/h2-3,5-6,8H,1,4,11H2;1H/t8-;/m1./s1. The van der Waals surface area contributed by atoms with Crippen molar-refractivity contribution >= 4 is 24.0 Å². The van der Waals surface area contributed by atoms with Crippen molar-refractivity contribution in [2.24, 2.45) is 5.73 Å². The summed E-state index contributed by atoms with van der Waals surface area (Å²) in [5, 5.41) is 0.479. The highest BCUT2D eigenvalue weighted by Gasteiger charge is 2.07. The molecule has 72 valence electrons. The Hall–Kier alpha value is -0.570. The first-order chi connectivity index (χ1) is 5.75. The van der Waals surface area contributed by atoms with Crippen molar-refractivity contribution in [2.75, 3.05) is 0 Å². The molecule has 1 rings (SSSR count). The van der Waals surface area contributed by atoms with Crippen LogP contribution in [0.4, 0.5) is 0 Å². The Balaban J connectivity index is 0.00000144. The number of aromatic nitrogens is 1. The maximum absolute atomic E-state index is 5.83. The van der Waals surface area contributed by atoms with Gasteiger partial charge < -0.3 is 5.73 Å². The first kappa shape index (κ1) is 12.4. The van der Waals surface area contributed by atoms with Crippen LogP contribution in [-0.4, -0.2) is 4.98 Å². The van der Waals surface area contributed by atoms with Crippen molar-refractivity contribution in [2.45, 2.75) is 12.5 Å². The van der Waals surface area contributed by atoms with Gasteiger partial charge in [-0.2, -0.15) is 0 Å². The van der Waals surface area contributed by atoms with E-state index in [0.717, 1.165) is 5.56 Å². The van der Waals surface area contributed by atoms with Gasteiger partial charge in [0.1, 0.15) is 5.15 Å². The fourth-order valence-electron chi connectivity index (χ4n) is 0.982. The predicted octanol–water partition coefficient (Wildman–Crippen LogP) is 2.73. The molecular weight excluding hydrogens is 207 g/mol. The smallest absolute Gasteiger partial charge is 0.133 e. The number of halogens is 2. The molecule has 0 aliphatic heterocycles. The van der Waals surface area contributed by atoms with Crippen LogP contribution in [0.5, 0.6) is 0 Å². The second-order valence-electron chi connectivity index (χ2n) is 2.51. The molecule has 1 aromatic heterocycles. The summed E-state index contributed by atoms with van der Waals surface area (Å²) in [6.45, 7) is 3.61. The van der Waals surface area contributed by atoms with E-state index >= 15 is 0 Å². The second-order valence-corrected chi connectivity index (χ2v) is 2.87. The highest BCUT2D eigenvalue weighted by atomic mass is 35.5. The van der Waals surface area contributed by atoms with Crippen LogP contribution in [0.1, 0.15) is 18.0 Å². The summed E-state index contributed by atoms with van der Waals surface area (Å²) >= 11 is 5.83. The molecule has 0 saturated heterocycles. The minimum atomic E-state index is -0.0938. The second kappa shape index (κ2) is 5.97. The molecule has 1 aromatic rings. The van der Waals surface area contributed by atoms with Crippen LogP contribution >= 0.6 is 24.0 Å². The molecule has 1 atom stereocenters. The van der Waals surface area contributed by atoms with E-state index in [1.165, 1.54) is 0 Å². The molecule has 0 aliphatic rings. The van der Waals surface area contributed by atoms with Gasteiger partial charge in [-0.25, -0.2) is 4.98 Å². The summed E-state index contributed by atoms with van der Waals surface area (Å²) in [4.78, 5) is 3.93. The monoisotopic (exact) mass is 218 g/mol. The van der Waals surface area contributed by atoms with Crippen molar-refractivity contribution < 1.29 is 0 Å². The Morgan fingerprint density at radius 3 is 2.92 bits per heavy atom. The lowest BCUT2D eigenvalue weighted by atomic mass is 10.1. The van der Waals surface area contributed by atoms with Gasteiger partial charge in [-0.3, -0.25) is 0 Å². The van der Waals surface area contributed by atoms with E-state index in [1.807, 2.05) is 12.1 Å². The zero-order chi connectivity index (χ0) is 8.97. The van der Waals surface area contributed by atoms with Crippen LogP contribution < -0.4 is 5.73 Å². The summed E-state index contributed by atoms with van der Waals surface area (Å²) < 4.78 is 0. The molecule has 0 saturated carbocycles. The lowest BCUT2D eigenvalue weighted by Gasteiger charge is -2.09. The number of rotatable bonds is 3. The van der Waals surface area contributed by atoms with E-state index in [1.54, 1.807) is 12.3 Å². The predicted molar refractivity (Wildman–Crippen MR) is 58.2 cm³/mol. The molecule has 0 aliphatic carbocycles. The Morgan fingerprint density at radius 1 is 1.69 bits per heavy atom. The van der Waals surface area contributed by atoms with Crippen molar-refractivity contribution in [3.8, 4) is 0 Å². The average molecular weight is 219 g/mol. The van der Waals surface area contributed by atoms with Crippen LogP contribution in [0.3, 0.4) is 0 Å². The summed E-state index contributed by atoms with van der Waals surface area (Å²) in [6.07, 6.45) is 4.13. The van der Waals surface area contributed by atoms with Gasteiger partial charge in [0.05, 0.1) is 0 Å². The lowest BCUT2D eigenvalue weighted by molar-refractivity contribution is 0.738. The SMILES string of the molecule is C=CC[C@@H](N)c1cccnc1Cl.Cl. The summed E-state index contributed by atoms with van der Waals surface area (Å²) in [6, 6.07) is 3.61. The lowest BCUT2D eigenvalue weighted by Crippen LogP contribution is -2.09. The third-order valence-electron chi connectivity index (χ3n) is 1.61. The van der Waals surface area contributed by atoms with Crippen molar-refractivity contribution in [1.82, 2.24) is 4.98 Å². The normalized spacial score (nSPS) is 11.5. The zero-order valence-electron chi connectivity index (χ0n) is 7.11. The van der Waals surface area contributed by atoms with Crippen molar-refractivity contribution in [1.29, 1.82) is 0 Å². The molecule has 2 N–H and O–H groups in total. The molecule has 0 unspecified atom stereocenters. The molecular formula is C9H12Cl2N2. The van der Waals surface area contributed by atoms with Crippen LogP contribution in [-0.2, 0) is 0 Å². The maximum atomic E-state index is 5.83. The third kappa shape index (κ3) is 3.35. The molecule has 0 fully saturated rings. The van der Waals surface area contributed by atoms with Gasteiger partial charge >= 0.3 is 0 Å². The number of nitrogens with zero attached hydrogens (tertiary/aromatic N) is 1. The molecule has 0 aromatic carbocycles. The molecule has 1 heterocycles. The first-order valence-corrected chi connectivity index (χ1v) is 4.10. The highest BCUT2D eigenvalue weighted by Crippen LogP contribution is 2.20. The molecule has 0 radical (unpaired) electrons. The minimum Gasteiger partial charge on any atom is -0.324 e. The van der Waals surface area contributed by atoms with Gasteiger partial charge in [0.15, 0.2) is 0 Å². The minimum absolute atomic E-state index is 0. The van der Waals surface area contributed by atoms with Gasteiger partial charge in [-0.05, 0) is 12.5 Å². The average Bonchev–Trinajstić information content (AvgIpc) is 2.05. The van der Waals surface area contributed by atoms with E-state index in [0.29, 0.717) is 11.6 Å². The molecule has 0 bridgehead atoms. The van der Waals surface area contributed by atoms with E-state index < -0.39 is 0 Å². The number of pyridine rings is 1. The molecule has 4 heteroatoms. The molecule has 13 heavy (non-hydrogen) atoms. The largest absolute Gasteiger partial charge is 0.324 e. The topological polar surface area (TPSA) is 38.9 Å².